The largest absolute Gasteiger partial charge is 0.380 e. The summed E-state index contributed by atoms with van der Waals surface area (Å²) in [6.07, 6.45) is 3.57. The van der Waals surface area contributed by atoms with Crippen molar-refractivity contribution in [1.29, 1.82) is 0 Å². The van der Waals surface area contributed by atoms with Gasteiger partial charge in [0.1, 0.15) is 0 Å². The van der Waals surface area contributed by atoms with Gasteiger partial charge in [-0.05, 0) is 0 Å². The van der Waals surface area contributed by atoms with Crippen molar-refractivity contribution in [1.82, 2.24) is 20.3 Å². The van der Waals surface area contributed by atoms with Gasteiger partial charge >= 0.3 is 0 Å². The first-order valence-corrected chi connectivity index (χ1v) is 4.91. The van der Waals surface area contributed by atoms with E-state index in [2.05, 4.69) is 22.6 Å². The maximum absolute atomic E-state index is 5.17. The summed E-state index contributed by atoms with van der Waals surface area (Å²) in [5.74, 6) is 0. The molecule has 1 saturated heterocycles. The first-order valence-electron chi connectivity index (χ1n) is 4.91. The number of ether oxygens (including phenoxy) is 1. The Morgan fingerprint density at radius 1 is 1.57 bits per heavy atom. The van der Waals surface area contributed by atoms with Crippen molar-refractivity contribution in [2.24, 2.45) is 5.41 Å². The van der Waals surface area contributed by atoms with Crippen molar-refractivity contribution >= 4 is 0 Å². The van der Waals surface area contributed by atoms with Crippen LogP contribution in [0.5, 0.6) is 0 Å². The number of rotatable bonds is 5. The second-order valence-corrected chi connectivity index (χ2v) is 4.15. The standard InChI is InChI=1S/C9H16N4O/c1-9(7-14-8-9)6-10-2-4-13-5-3-11-12-13/h3,5,10H,2,4,6-8H2,1H3. The van der Waals surface area contributed by atoms with E-state index in [1.54, 1.807) is 6.20 Å². The summed E-state index contributed by atoms with van der Waals surface area (Å²) in [5.41, 5.74) is 0.350. The van der Waals surface area contributed by atoms with Gasteiger partial charge in [-0.2, -0.15) is 0 Å². The van der Waals surface area contributed by atoms with Gasteiger partial charge < -0.3 is 10.1 Å². The molecule has 78 valence electrons. The average Bonchev–Trinajstić information content (AvgIpc) is 2.62. The average molecular weight is 196 g/mol. The monoisotopic (exact) mass is 196 g/mol. The molecule has 0 amide bonds. The highest BCUT2D eigenvalue weighted by Gasteiger charge is 2.32. The summed E-state index contributed by atoms with van der Waals surface area (Å²) >= 11 is 0. The lowest BCUT2D eigenvalue weighted by Crippen LogP contribution is -2.47. The van der Waals surface area contributed by atoms with E-state index in [4.69, 9.17) is 4.74 Å². The zero-order valence-corrected chi connectivity index (χ0v) is 8.44. The van der Waals surface area contributed by atoms with Crippen LogP contribution >= 0.6 is 0 Å². The summed E-state index contributed by atoms with van der Waals surface area (Å²) in [6, 6.07) is 0. The Labute approximate surface area is 83.4 Å². The molecule has 0 aromatic carbocycles. The molecule has 0 bridgehead atoms. The highest BCUT2D eigenvalue weighted by molar-refractivity contribution is 4.82. The molecule has 0 spiro atoms. The van der Waals surface area contributed by atoms with Gasteiger partial charge in [-0.25, -0.2) is 0 Å². The fraction of sp³-hybridized carbons (Fsp3) is 0.778. The van der Waals surface area contributed by atoms with Gasteiger partial charge in [0, 0.05) is 24.7 Å². The van der Waals surface area contributed by atoms with Crippen molar-refractivity contribution < 1.29 is 4.74 Å². The molecule has 2 heterocycles. The lowest BCUT2D eigenvalue weighted by molar-refractivity contribution is -0.0989. The zero-order valence-electron chi connectivity index (χ0n) is 8.44. The van der Waals surface area contributed by atoms with E-state index in [0.717, 1.165) is 32.8 Å². The molecule has 1 aliphatic heterocycles. The fourth-order valence-electron chi connectivity index (χ4n) is 1.49. The number of hydrogen-bond acceptors (Lipinski definition) is 4. The highest BCUT2D eigenvalue weighted by atomic mass is 16.5. The molecule has 1 aliphatic rings. The van der Waals surface area contributed by atoms with E-state index in [1.165, 1.54) is 0 Å². The van der Waals surface area contributed by atoms with E-state index >= 15 is 0 Å². The molecule has 0 atom stereocenters. The predicted molar refractivity (Wildman–Crippen MR) is 51.8 cm³/mol. The topological polar surface area (TPSA) is 52.0 Å². The van der Waals surface area contributed by atoms with Crippen LogP contribution in [0.4, 0.5) is 0 Å². The lowest BCUT2D eigenvalue weighted by Gasteiger charge is -2.38. The molecule has 1 N–H and O–H groups in total. The van der Waals surface area contributed by atoms with Crippen LogP contribution in [0.25, 0.3) is 0 Å². The third-order valence-corrected chi connectivity index (χ3v) is 2.44. The van der Waals surface area contributed by atoms with Gasteiger partial charge in [-0.15, -0.1) is 5.10 Å². The Balaban J connectivity index is 1.59. The molecule has 2 rings (SSSR count). The summed E-state index contributed by atoms with van der Waals surface area (Å²) in [7, 11) is 0. The van der Waals surface area contributed by atoms with Crippen molar-refractivity contribution in [3.8, 4) is 0 Å². The van der Waals surface area contributed by atoms with Crippen LogP contribution < -0.4 is 5.32 Å². The molecule has 5 nitrogen and oxygen atoms in total. The SMILES string of the molecule is CC1(CNCCn2ccnn2)COC1. The summed E-state index contributed by atoms with van der Waals surface area (Å²) in [5, 5.41) is 11.0. The van der Waals surface area contributed by atoms with E-state index in [1.807, 2.05) is 10.9 Å². The van der Waals surface area contributed by atoms with Crippen LogP contribution in [0.2, 0.25) is 0 Å². The summed E-state index contributed by atoms with van der Waals surface area (Å²) < 4.78 is 7.00. The van der Waals surface area contributed by atoms with E-state index in [-0.39, 0.29) is 0 Å². The van der Waals surface area contributed by atoms with E-state index in [9.17, 15) is 0 Å². The number of hydrogen-bond donors (Lipinski definition) is 1. The minimum atomic E-state index is 0.350. The van der Waals surface area contributed by atoms with Crippen molar-refractivity contribution in [2.75, 3.05) is 26.3 Å². The minimum absolute atomic E-state index is 0.350. The van der Waals surface area contributed by atoms with Crippen LogP contribution in [0.15, 0.2) is 12.4 Å². The smallest absolute Gasteiger partial charge is 0.0692 e. The van der Waals surface area contributed by atoms with Gasteiger partial charge in [0.2, 0.25) is 0 Å². The van der Waals surface area contributed by atoms with Crippen LogP contribution in [-0.2, 0) is 11.3 Å². The third-order valence-electron chi connectivity index (χ3n) is 2.44. The predicted octanol–water partition coefficient (Wildman–Crippen LogP) is -0.0958. The molecule has 5 heteroatoms. The highest BCUT2D eigenvalue weighted by Crippen LogP contribution is 2.24. The molecule has 1 aromatic heterocycles. The normalized spacial score (nSPS) is 19.2. The number of nitrogens with zero attached hydrogens (tertiary/aromatic N) is 3. The quantitative estimate of drug-likeness (QED) is 0.668. The molecular formula is C9H16N4O. The summed E-state index contributed by atoms with van der Waals surface area (Å²) in [6.45, 7) is 6.81. The Morgan fingerprint density at radius 2 is 2.43 bits per heavy atom. The zero-order chi connectivity index (χ0) is 9.86. The second kappa shape index (κ2) is 4.06. The van der Waals surface area contributed by atoms with Gasteiger partial charge in [0.05, 0.1) is 26.0 Å². The minimum Gasteiger partial charge on any atom is -0.380 e. The molecule has 1 fully saturated rings. The maximum atomic E-state index is 5.17. The van der Waals surface area contributed by atoms with E-state index < -0.39 is 0 Å². The van der Waals surface area contributed by atoms with Crippen molar-refractivity contribution in [3.63, 3.8) is 0 Å². The first-order chi connectivity index (χ1) is 6.79. The molecule has 0 aliphatic carbocycles. The Bertz CT molecular complexity index is 268. The molecule has 0 unspecified atom stereocenters. The van der Waals surface area contributed by atoms with E-state index in [0.29, 0.717) is 5.41 Å². The summed E-state index contributed by atoms with van der Waals surface area (Å²) in [4.78, 5) is 0. The van der Waals surface area contributed by atoms with Crippen LogP contribution in [0.3, 0.4) is 0 Å². The lowest BCUT2D eigenvalue weighted by atomic mass is 9.89. The van der Waals surface area contributed by atoms with Crippen LogP contribution in [-0.4, -0.2) is 41.3 Å². The van der Waals surface area contributed by atoms with Crippen LogP contribution in [0, 0.1) is 5.41 Å². The van der Waals surface area contributed by atoms with Gasteiger partial charge in [-0.1, -0.05) is 12.1 Å². The fourth-order valence-corrected chi connectivity index (χ4v) is 1.49. The van der Waals surface area contributed by atoms with Crippen molar-refractivity contribution in [3.05, 3.63) is 12.4 Å². The Morgan fingerprint density at radius 3 is 3.00 bits per heavy atom. The maximum Gasteiger partial charge on any atom is 0.0692 e. The Kier molecular flexibility index (Phi) is 2.79. The van der Waals surface area contributed by atoms with Crippen molar-refractivity contribution in [2.45, 2.75) is 13.5 Å². The third kappa shape index (κ3) is 2.30. The number of nitrogens with one attached hydrogen (secondary N) is 1. The van der Waals surface area contributed by atoms with Gasteiger partial charge in [-0.3, -0.25) is 4.68 Å². The Hall–Kier alpha value is -0.940. The van der Waals surface area contributed by atoms with Gasteiger partial charge in [0.25, 0.3) is 0 Å². The molecular weight excluding hydrogens is 180 g/mol. The van der Waals surface area contributed by atoms with Gasteiger partial charge in [0.15, 0.2) is 0 Å². The number of aromatic nitrogens is 3. The molecule has 14 heavy (non-hydrogen) atoms. The molecule has 1 aromatic rings. The first kappa shape index (κ1) is 9.61. The second-order valence-electron chi connectivity index (χ2n) is 4.15. The van der Waals surface area contributed by atoms with Crippen LogP contribution in [0.1, 0.15) is 6.92 Å². The molecule has 0 saturated carbocycles. The molecule has 0 radical (unpaired) electrons.